The monoisotopic (exact) mass is 326 g/mol. The van der Waals surface area contributed by atoms with Gasteiger partial charge in [-0.15, -0.1) is 13.2 Å². The van der Waals surface area contributed by atoms with E-state index in [1.807, 2.05) is 0 Å². The van der Waals surface area contributed by atoms with E-state index in [0.717, 1.165) is 12.1 Å². The first-order chi connectivity index (χ1) is 9.84. The molecule has 1 aromatic carbocycles. The number of hydrogen-bond donors (Lipinski definition) is 0. The van der Waals surface area contributed by atoms with Crippen LogP contribution in [0.1, 0.15) is 39.7 Å². The Morgan fingerprint density at radius 3 is 2.05 bits per heavy atom. The first kappa shape index (κ1) is 18.5. The lowest BCUT2D eigenvalue weighted by Gasteiger charge is -2.25. The lowest BCUT2D eigenvalue weighted by Crippen LogP contribution is -2.25. The number of hydrogen-bond acceptors (Lipinski definition) is 2. The second kappa shape index (κ2) is 6.30. The van der Waals surface area contributed by atoms with Gasteiger partial charge in [-0.2, -0.15) is 0 Å². The maximum Gasteiger partial charge on any atom is 0.573 e. The van der Waals surface area contributed by atoms with Crippen LogP contribution in [-0.2, 0) is 5.41 Å². The van der Waals surface area contributed by atoms with Crippen LogP contribution in [0.4, 0.5) is 22.0 Å². The number of rotatable bonds is 5. The number of ether oxygens (including phenoxy) is 2. The van der Waals surface area contributed by atoms with Crippen LogP contribution in [0.25, 0.3) is 0 Å². The van der Waals surface area contributed by atoms with E-state index in [-0.39, 0.29) is 5.75 Å². The van der Waals surface area contributed by atoms with Crippen molar-refractivity contribution in [3.05, 3.63) is 23.8 Å². The van der Waals surface area contributed by atoms with Crippen molar-refractivity contribution in [3.63, 3.8) is 0 Å². The van der Waals surface area contributed by atoms with E-state index in [9.17, 15) is 22.0 Å². The summed E-state index contributed by atoms with van der Waals surface area (Å²) in [6.45, 7) is 5.81. The van der Waals surface area contributed by atoms with Crippen LogP contribution in [0.15, 0.2) is 18.2 Å². The lowest BCUT2D eigenvalue weighted by molar-refractivity contribution is -0.274. The summed E-state index contributed by atoms with van der Waals surface area (Å²) < 4.78 is 72.2. The molecule has 1 rings (SSSR count). The molecule has 22 heavy (non-hydrogen) atoms. The molecule has 0 aliphatic carbocycles. The van der Waals surface area contributed by atoms with Gasteiger partial charge in [0.25, 0.3) is 5.92 Å². The summed E-state index contributed by atoms with van der Waals surface area (Å²) in [5, 5.41) is 0. The van der Waals surface area contributed by atoms with Gasteiger partial charge in [-0.05, 0) is 17.0 Å². The number of alkyl halides is 5. The van der Waals surface area contributed by atoms with E-state index >= 15 is 0 Å². The molecule has 1 aromatic rings. The van der Waals surface area contributed by atoms with E-state index < -0.39 is 36.5 Å². The van der Waals surface area contributed by atoms with Gasteiger partial charge in [-0.1, -0.05) is 33.8 Å². The van der Waals surface area contributed by atoms with Crippen molar-refractivity contribution in [1.29, 1.82) is 0 Å². The second-order valence-corrected chi connectivity index (χ2v) is 5.95. The van der Waals surface area contributed by atoms with E-state index in [1.54, 1.807) is 20.8 Å². The fourth-order valence-electron chi connectivity index (χ4n) is 1.72. The third-order valence-electron chi connectivity index (χ3n) is 2.95. The van der Waals surface area contributed by atoms with Gasteiger partial charge in [0, 0.05) is 12.5 Å². The maximum atomic E-state index is 13.3. The van der Waals surface area contributed by atoms with E-state index in [4.69, 9.17) is 4.74 Å². The third kappa shape index (κ3) is 5.69. The van der Waals surface area contributed by atoms with Crippen molar-refractivity contribution in [2.45, 2.75) is 51.8 Å². The molecule has 2 nitrogen and oxygen atoms in total. The first-order valence-electron chi connectivity index (χ1n) is 6.75. The van der Waals surface area contributed by atoms with Gasteiger partial charge < -0.3 is 9.47 Å². The Labute approximate surface area is 126 Å². The highest BCUT2D eigenvalue weighted by atomic mass is 19.4. The summed E-state index contributed by atoms with van der Waals surface area (Å²) >= 11 is 0. The molecular formula is C15H19F5O2. The summed E-state index contributed by atoms with van der Waals surface area (Å²) in [5.74, 6) is -3.59. The quantitative estimate of drug-likeness (QED) is 0.683. The van der Waals surface area contributed by atoms with Crippen LogP contribution in [0.5, 0.6) is 11.5 Å². The molecule has 0 atom stereocenters. The second-order valence-electron chi connectivity index (χ2n) is 5.95. The SMILES string of the molecule is CCC(F)(F)COc1cc(OC(F)(F)F)ccc1C(C)(C)C. The van der Waals surface area contributed by atoms with Gasteiger partial charge in [-0.25, -0.2) is 8.78 Å². The highest BCUT2D eigenvalue weighted by Crippen LogP contribution is 2.36. The number of benzene rings is 1. The first-order valence-corrected chi connectivity index (χ1v) is 6.75. The Morgan fingerprint density at radius 2 is 1.59 bits per heavy atom. The lowest BCUT2D eigenvalue weighted by atomic mass is 9.86. The molecule has 7 heteroatoms. The topological polar surface area (TPSA) is 18.5 Å². The summed E-state index contributed by atoms with van der Waals surface area (Å²) in [7, 11) is 0. The van der Waals surface area contributed by atoms with Crippen molar-refractivity contribution < 1.29 is 31.4 Å². The predicted octanol–water partition coefficient (Wildman–Crippen LogP) is 5.31. The van der Waals surface area contributed by atoms with Gasteiger partial charge in [0.1, 0.15) is 11.5 Å². The van der Waals surface area contributed by atoms with Crippen molar-refractivity contribution >= 4 is 0 Å². The molecule has 0 bridgehead atoms. The zero-order chi connectivity index (χ0) is 17.2. The highest BCUT2D eigenvalue weighted by molar-refractivity contribution is 5.44. The van der Waals surface area contributed by atoms with Crippen molar-refractivity contribution in [1.82, 2.24) is 0 Å². The molecule has 0 N–H and O–H groups in total. The van der Waals surface area contributed by atoms with E-state index in [0.29, 0.717) is 5.56 Å². The normalized spacial score (nSPS) is 13.1. The molecule has 0 heterocycles. The Kier molecular flexibility index (Phi) is 5.30. The van der Waals surface area contributed by atoms with E-state index in [2.05, 4.69) is 4.74 Å². The average Bonchev–Trinajstić information content (AvgIpc) is 2.33. The van der Waals surface area contributed by atoms with Crippen LogP contribution < -0.4 is 9.47 Å². The summed E-state index contributed by atoms with van der Waals surface area (Å²) in [4.78, 5) is 0. The van der Waals surface area contributed by atoms with Crippen LogP contribution in [-0.4, -0.2) is 18.9 Å². The molecule has 126 valence electrons. The molecular weight excluding hydrogens is 307 g/mol. The van der Waals surface area contributed by atoms with Crippen LogP contribution in [0, 0.1) is 0 Å². The molecule has 0 unspecified atom stereocenters. The van der Waals surface area contributed by atoms with Crippen molar-refractivity contribution in [3.8, 4) is 11.5 Å². The standard InChI is InChI=1S/C15H19F5O2/c1-5-14(16,17)9-21-12-8-10(22-15(18,19)20)6-7-11(12)13(2,3)4/h6-8H,5,9H2,1-4H3. The fourth-order valence-corrected chi connectivity index (χ4v) is 1.72. The minimum Gasteiger partial charge on any atom is -0.487 e. The smallest absolute Gasteiger partial charge is 0.487 e. The number of halogens is 5. The molecule has 0 fully saturated rings. The Balaban J connectivity index is 3.10. The molecule has 0 aliphatic heterocycles. The Bertz CT molecular complexity index is 504. The van der Waals surface area contributed by atoms with Crippen LogP contribution in [0.3, 0.4) is 0 Å². The average molecular weight is 326 g/mol. The predicted molar refractivity (Wildman–Crippen MR) is 72.6 cm³/mol. The third-order valence-corrected chi connectivity index (χ3v) is 2.95. The van der Waals surface area contributed by atoms with E-state index in [1.165, 1.54) is 13.0 Å². The molecule has 0 aromatic heterocycles. The Morgan fingerprint density at radius 1 is 1.00 bits per heavy atom. The molecule has 0 spiro atoms. The molecule has 0 saturated heterocycles. The van der Waals surface area contributed by atoms with Gasteiger partial charge in [-0.3, -0.25) is 0 Å². The minimum atomic E-state index is -4.85. The summed E-state index contributed by atoms with van der Waals surface area (Å²) in [6, 6.07) is 3.51. The van der Waals surface area contributed by atoms with Gasteiger partial charge in [0.15, 0.2) is 6.61 Å². The van der Waals surface area contributed by atoms with Crippen molar-refractivity contribution in [2.75, 3.05) is 6.61 Å². The zero-order valence-electron chi connectivity index (χ0n) is 12.9. The molecule has 0 radical (unpaired) electrons. The van der Waals surface area contributed by atoms with Crippen LogP contribution >= 0.6 is 0 Å². The van der Waals surface area contributed by atoms with Crippen molar-refractivity contribution in [2.24, 2.45) is 0 Å². The van der Waals surface area contributed by atoms with Gasteiger partial charge in [0.2, 0.25) is 0 Å². The molecule has 0 saturated carbocycles. The molecule has 0 amide bonds. The zero-order valence-corrected chi connectivity index (χ0v) is 12.9. The maximum absolute atomic E-state index is 13.3. The van der Waals surface area contributed by atoms with Crippen LogP contribution in [0.2, 0.25) is 0 Å². The Hall–Kier alpha value is -1.53. The summed E-state index contributed by atoms with van der Waals surface area (Å²) in [5.41, 5.74) is 0.0436. The van der Waals surface area contributed by atoms with Gasteiger partial charge in [0.05, 0.1) is 0 Å². The van der Waals surface area contributed by atoms with Gasteiger partial charge >= 0.3 is 6.36 Å². The summed E-state index contributed by atoms with van der Waals surface area (Å²) in [6.07, 6.45) is -5.27. The molecule has 0 aliphatic rings. The fraction of sp³-hybridized carbons (Fsp3) is 0.600. The largest absolute Gasteiger partial charge is 0.573 e. The minimum absolute atomic E-state index is 0.0395. The highest BCUT2D eigenvalue weighted by Gasteiger charge is 2.32.